The lowest BCUT2D eigenvalue weighted by molar-refractivity contribution is -0.274. The average Bonchev–Trinajstić information content (AvgIpc) is 2.45. The smallest absolute Gasteiger partial charge is 0.496 e. The Labute approximate surface area is 121 Å². The van der Waals surface area contributed by atoms with Crippen LogP contribution >= 0.6 is 0 Å². The minimum Gasteiger partial charge on any atom is -0.496 e. The molecule has 0 saturated carbocycles. The molecule has 4 nitrogen and oxygen atoms in total. The molecule has 1 saturated heterocycles. The van der Waals surface area contributed by atoms with Crippen molar-refractivity contribution in [2.45, 2.75) is 25.2 Å². The summed E-state index contributed by atoms with van der Waals surface area (Å²) in [5, 5.41) is 0. The highest BCUT2D eigenvalue weighted by Gasteiger charge is 2.32. The first-order valence-electron chi connectivity index (χ1n) is 6.67. The van der Waals surface area contributed by atoms with Crippen LogP contribution in [0.4, 0.5) is 13.2 Å². The molecule has 2 rings (SSSR count). The van der Waals surface area contributed by atoms with Gasteiger partial charge in [-0.25, -0.2) is 0 Å². The highest BCUT2D eigenvalue weighted by Crippen LogP contribution is 2.36. The Morgan fingerprint density at radius 3 is 2.52 bits per heavy atom. The van der Waals surface area contributed by atoms with Gasteiger partial charge in [0.05, 0.1) is 7.11 Å². The van der Waals surface area contributed by atoms with E-state index in [1.165, 1.54) is 25.3 Å². The van der Waals surface area contributed by atoms with Crippen molar-refractivity contribution in [3.63, 3.8) is 0 Å². The van der Waals surface area contributed by atoms with E-state index in [9.17, 15) is 13.2 Å². The molecular weight excluding hydrogens is 287 g/mol. The summed E-state index contributed by atoms with van der Waals surface area (Å²) in [4.78, 5) is 0. The SMILES string of the molecule is COc1cc(OC(F)(F)F)ccc1[C@H](N)C1CCOCC1. The summed E-state index contributed by atoms with van der Waals surface area (Å²) < 4.78 is 51.0. The minimum atomic E-state index is -4.73. The van der Waals surface area contributed by atoms with Crippen molar-refractivity contribution in [2.24, 2.45) is 11.7 Å². The summed E-state index contributed by atoms with van der Waals surface area (Å²) in [7, 11) is 1.40. The predicted molar refractivity (Wildman–Crippen MR) is 70.1 cm³/mol. The number of ether oxygens (including phenoxy) is 3. The van der Waals surface area contributed by atoms with Gasteiger partial charge in [0.2, 0.25) is 0 Å². The number of rotatable bonds is 4. The zero-order chi connectivity index (χ0) is 15.5. The van der Waals surface area contributed by atoms with Gasteiger partial charge in [0, 0.05) is 30.9 Å². The van der Waals surface area contributed by atoms with Crippen molar-refractivity contribution in [2.75, 3.05) is 20.3 Å². The topological polar surface area (TPSA) is 53.7 Å². The Morgan fingerprint density at radius 2 is 1.95 bits per heavy atom. The first kappa shape index (κ1) is 15.9. The summed E-state index contributed by atoms with van der Waals surface area (Å²) in [5.41, 5.74) is 6.90. The van der Waals surface area contributed by atoms with Crippen LogP contribution in [-0.4, -0.2) is 26.7 Å². The van der Waals surface area contributed by atoms with E-state index in [-0.39, 0.29) is 17.7 Å². The molecule has 0 aliphatic carbocycles. The fraction of sp³-hybridized carbons (Fsp3) is 0.571. The first-order valence-corrected chi connectivity index (χ1v) is 6.67. The van der Waals surface area contributed by atoms with Crippen molar-refractivity contribution in [3.05, 3.63) is 23.8 Å². The third-order valence-corrected chi connectivity index (χ3v) is 3.57. The van der Waals surface area contributed by atoms with Crippen molar-refractivity contribution >= 4 is 0 Å². The monoisotopic (exact) mass is 305 g/mol. The van der Waals surface area contributed by atoms with Gasteiger partial charge in [0.25, 0.3) is 0 Å². The molecule has 118 valence electrons. The van der Waals surface area contributed by atoms with Crippen molar-refractivity contribution < 1.29 is 27.4 Å². The van der Waals surface area contributed by atoms with Crippen LogP contribution in [-0.2, 0) is 4.74 Å². The number of nitrogens with two attached hydrogens (primary N) is 1. The van der Waals surface area contributed by atoms with Gasteiger partial charge >= 0.3 is 6.36 Å². The van der Waals surface area contributed by atoms with Crippen molar-refractivity contribution in [1.82, 2.24) is 0 Å². The quantitative estimate of drug-likeness (QED) is 0.929. The molecule has 0 spiro atoms. The highest BCUT2D eigenvalue weighted by molar-refractivity contribution is 5.42. The zero-order valence-electron chi connectivity index (χ0n) is 11.7. The predicted octanol–water partition coefficient (Wildman–Crippen LogP) is 3.02. The van der Waals surface area contributed by atoms with Crippen LogP contribution < -0.4 is 15.2 Å². The van der Waals surface area contributed by atoms with Gasteiger partial charge < -0.3 is 19.9 Å². The van der Waals surface area contributed by atoms with Gasteiger partial charge in [-0.1, -0.05) is 6.07 Å². The van der Waals surface area contributed by atoms with Crippen LogP contribution in [0, 0.1) is 5.92 Å². The normalized spacial score (nSPS) is 18.3. The van der Waals surface area contributed by atoms with Gasteiger partial charge in [0.1, 0.15) is 11.5 Å². The Morgan fingerprint density at radius 1 is 1.29 bits per heavy atom. The van der Waals surface area contributed by atoms with Crippen LogP contribution in [0.1, 0.15) is 24.4 Å². The molecule has 0 bridgehead atoms. The van der Waals surface area contributed by atoms with Crippen LogP contribution in [0.5, 0.6) is 11.5 Å². The van der Waals surface area contributed by atoms with Crippen LogP contribution in [0.15, 0.2) is 18.2 Å². The maximum atomic E-state index is 12.2. The molecule has 0 unspecified atom stereocenters. The number of alkyl halides is 3. The summed E-state index contributed by atoms with van der Waals surface area (Å²) in [6, 6.07) is 3.69. The summed E-state index contributed by atoms with van der Waals surface area (Å²) >= 11 is 0. The second kappa shape index (κ2) is 6.53. The number of hydrogen-bond donors (Lipinski definition) is 1. The molecular formula is C14H18F3NO3. The number of hydrogen-bond acceptors (Lipinski definition) is 4. The van der Waals surface area contributed by atoms with Gasteiger partial charge in [-0.2, -0.15) is 0 Å². The van der Waals surface area contributed by atoms with Gasteiger partial charge in [-0.15, -0.1) is 13.2 Å². The Kier molecular flexibility index (Phi) is 4.95. The Bertz CT molecular complexity index is 473. The molecule has 7 heteroatoms. The number of halogens is 3. The summed E-state index contributed by atoms with van der Waals surface area (Å²) in [6.45, 7) is 1.30. The summed E-state index contributed by atoms with van der Waals surface area (Å²) in [6.07, 6.45) is -3.08. The second-order valence-electron chi connectivity index (χ2n) is 4.93. The van der Waals surface area contributed by atoms with E-state index in [0.717, 1.165) is 12.8 Å². The maximum Gasteiger partial charge on any atom is 0.573 e. The fourth-order valence-corrected chi connectivity index (χ4v) is 2.49. The molecule has 0 amide bonds. The van der Waals surface area contributed by atoms with Crippen molar-refractivity contribution in [1.29, 1.82) is 0 Å². The standard InChI is InChI=1S/C14H18F3NO3/c1-19-12-8-10(21-14(15,16)17)2-3-11(12)13(18)9-4-6-20-7-5-9/h2-3,8-9,13H,4-7,18H2,1H3/t13-/m1/s1. The minimum absolute atomic E-state index is 0.224. The molecule has 0 aromatic heterocycles. The third kappa shape index (κ3) is 4.25. The Hall–Kier alpha value is -1.47. The average molecular weight is 305 g/mol. The third-order valence-electron chi connectivity index (χ3n) is 3.57. The van der Waals surface area contributed by atoms with Gasteiger partial charge in [-0.05, 0) is 24.8 Å². The van der Waals surface area contributed by atoms with Crippen molar-refractivity contribution in [3.8, 4) is 11.5 Å². The number of methoxy groups -OCH3 is 1. The largest absolute Gasteiger partial charge is 0.573 e. The van der Waals surface area contributed by atoms with E-state index >= 15 is 0 Å². The molecule has 1 heterocycles. The molecule has 1 atom stereocenters. The lowest BCUT2D eigenvalue weighted by Crippen LogP contribution is -2.27. The molecule has 21 heavy (non-hydrogen) atoms. The van der Waals surface area contributed by atoms with E-state index in [1.807, 2.05) is 0 Å². The van der Waals surface area contributed by atoms with Crippen LogP contribution in [0.2, 0.25) is 0 Å². The lowest BCUT2D eigenvalue weighted by atomic mass is 9.87. The summed E-state index contributed by atoms with van der Waals surface area (Å²) in [5.74, 6) is 0.208. The fourth-order valence-electron chi connectivity index (χ4n) is 2.49. The van der Waals surface area contributed by atoms with Gasteiger partial charge in [-0.3, -0.25) is 0 Å². The van der Waals surface area contributed by atoms with Crippen LogP contribution in [0.25, 0.3) is 0 Å². The molecule has 1 aliphatic rings. The lowest BCUT2D eigenvalue weighted by Gasteiger charge is -2.28. The Balaban J connectivity index is 2.19. The molecule has 1 fully saturated rings. The second-order valence-corrected chi connectivity index (χ2v) is 4.93. The maximum absolute atomic E-state index is 12.2. The molecule has 1 aliphatic heterocycles. The molecule has 1 aromatic carbocycles. The molecule has 2 N–H and O–H groups in total. The van der Waals surface area contributed by atoms with E-state index in [0.29, 0.717) is 24.5 Å². The molecule has 1 aromatic rings. The van der Waals surface area contributed by atoms with Gasteiger partial charge in [0.15, 0.2) is 0 Å². The van der Waals surface area contributed by atoms with E-state index in [2.05, 4.69) is 4.74 Å². The van der Waals surface area contributed by atoms with Crippen LogP contribution in [0.3, 0.4) is 0 Å². The number of benzene rings is 1. The van der Waals surface area contributed by atoms with E-state index in [1.54, 1.807) is 0 Å². The van der Waals surface area contributed by atoms with E-state index in [4.69, 9.17) is 15.2 Å². The zero-order valence-corrected chi connectivity index (χ0v) is 11.7. The first-order chi connectivity index (χ1) is 9.90. The van der Waals surface area contributed by atoms with E-state index < -0.39 is 6.36 Å². The molecule has 0 radical (unpaired) electrons. The highest BCUT2D eigenvalue weighted by atomic mass is 19.4.